The summed E-state index contributed by atoms with van der Waals surface area (Å²) in [7, 11) is 0. The molecule has 3 heteroatoms. The lowest BCUT2D eigenvalue weighted by molar-refractivity contribution is 0.0373. The van der Waals surface area contributed by atoms with Gasteiger partial charge in [-0.1, -0.05) is 42.5 Å². The van der Waals surface area contributed by atoms with Gasteiger partial charge >= 0.3 is 0 Å². The third-order valence-electron chi connectivity index (χ3n) is 5.33. The number of likely N-dealkylation sites (tertiary alicyclic amines) is 1. The van der Waals surface area contributed by atoms with Gasteiger partial charge in [0.05, 0.1) is 6.10 Å². The summed E-state index contributed by atoms with van der Waals surface area (Å²) in [6.45, 7) is 4.24. The zero-order chi connectivity index (χ0) is 16.9. The minimum Gasteiger partial charge on any atom is -0.399 e. The minimum absolute atomic E-state index is 0.131. The van der Waals surface area contributed by atoms with E-state index in [1.54, 1.807) is 0 Å². The number of nitrogen functional groups attached to an aromatic ring is 1. The normalized spacial score (nSPS) is 19.1. The van der Waals surface area contributed by atoms with Crippen LogP contribution in [0.3, 0.4) is 0 Å². The summed E-state index contributed by atoms with van der Waals surface area (Å²) >= 11 is 0. The van der Waals surface area contributed by atoms with Crippen molar-refractivity contribution in [2.45, 2.75) is 38.3 Å². The lowest BCUT2D eigenvalue weighted by Gasteiger charge is -2.38. The molecule has 0 aromatic heterocycles. The standard InChI is InChI=1S/C21H28N2O/c1-16(21(24)19-7-9-20(22)10-8-19)23-13-11-18(12-14-23)15-17-5-3-2-4-6-17/h2-10,16,18,21,24H,11-15,22H2,1H3/t16-,21+/m0/s1. The van der Waals surface area contributed by atoms with Gasteiger partial charge in [0.1, 0.15) is 0 Å². The number of aliphatic hydroxyl groups excluding tert-OH is 1. The molecule has 3 N–H and O–H groups in total. The zero-order valence-electron chi connectivity index (χ0n) is 14.4. The summed E-state index contributed by atoms with van der Waals surface area (Å²) in [6, 6.07) is 18.5. The summed E-state index contributed by atoms with van der Waals surface area (Å²) in [5.41, 5.74) is 8.85. The molecule has 0 saturated carbocycles. The highest BCUT2D eigenvalue weighted by atomic mass is 16.3. The Morgan fingerprint density at radius 2 is 1.67 bits per heavy atom. The largest absolute Gasteiger partial charge is 0.399 e. The second-order valence-corrected chi connectivity index (χ2v) is 7.02. The number of anilines is 1. The molecular weight excluding hydrogens is 296 g/mol. The van der Waals surface area contributed by atoms with E-state index < -0.39 is 6.10 Å². The first kappa shape index (κ1) is 17.0. The van der Waals surface area contributed by atoms with Crippen LogP contribution in [0.15, 0.2) is 54.6 Å². The van der Waals surface area contributed by atoms with Gasteiger partial charge in [-0.2, -0.15) is 0 Å². The van der Waals surface area contributed by atoms with Crippen LogP contribution in [0.1, 0.15) is 37.0 Å². The van der Waals surface area contributed by atoms with Crippen molar-refractivity contribution in [1.29, 1.82) is 0 Å². The van der Waals surface area contributed by atoms with E-state index in [-0.39, 0.29) is 6.04 Å². The molecule has 2 aromatic carbocycles. The number of benzene rings is 2. The van der Waals surface area contributed by atoms with Gasteiger partial charge in [-0.3, -0.25) is 4.90 Å². The van der Waals surface area contributed by atoms with Crippen LogP contribution in [0.4, 0.5) is 5.69 Å². The van der Waals surface area contributed by atoms with Crippen LogP contribution in [0.25, 0.3) is 0 Å². The topological polar surface area (TPSA) is 49.5 Å². The second kappa shape index (κ2) is 7.82. The van der Waals surface area contributed by atoms with Crippen LogP contribution in [0.2, 0.25) is 0 Å². The molecule has 3 rings (SSSR count). The minimum atomic E-state index is -0.462. The Labute approximate surface area is 145 Å². The van der Waals surface area contributed by atoms with Crippen molar-refractivity contribution in [3.05, 3.63) is 65.7 Å². The van der Waals surface area contributed by atoms with E-state index in [4.69, 9.17) is 5.73 Å². The maximum atomic E-state index is 10.7. The summed E-state index contributed by atoms with van der Waals surface area (Å²) in [4.78, 5) is 2.42. The third kappa shape index (κ3) is 4.16. The number of nitrogens with two attached hydrogens (primary N) is 1. The maximum Gasteiger partial charge on any atom is 0.0942 e. The summed E-state index contributed by atoms with van der Waals surface area (Å²) in [5, 5.41) is 10.7. The summed E-state index contributed by atoms with van der Waals surface area (Å²) in [5.74, 6) is 0.754. The molecule has 1 aliphatic rings. The average molecular weight is 324 g/mol. The SMILES string of the molecule is C[C@@H]([C@@H](O)c1ccc(N)cc1)N1CCC(Cc2ccccc2)CC1. The van der Waals surface area contributed by atoms with E-state index in [0.29, 0.717) is 0 Å². The molecule has 0 amide bonds. The first-order chi connectivity index (χ1) is 11.6. The van der Waals surface area contributed by atoms with Crippen molar-refractivity contribution in [2.75, 3.05) is 18.8 Å². The van der Waals surface area contributed by atoms with Gasteiger partial charge in [0.2, 0.25) is 0 Å². The van der Waals surface area contributed by atoms with Crippen molar-refractivity contribution in [1.82, 2.24) is 4.90 Å². The molecule has 0 bridgehead atoms. The molecule has 128 valence electrons. The van der Waals surface area contributed by atoms with Crippen LogP contribution in [-0.4, -0.2) is 29.1 Å². The second-order valence-electron chi connectivity index (χ2n) is 7.02. The lowest BCUT2D eigenvalue weighted by Crippen LogP contribution is -2.43. The Morgan fingerprint density at radius 3 is 2.29 bits per heavy atom. The van der Waals surface area contributed by atoms with Crippen LogP contribution < -0.4 is 5.73 Å². The lowest BCUT2D eigenvalue weighted by atomic mass is 9.89. The Bertz CT molecular complexity index is 618. The van der Waals surface area contributed by atoms with Crippen LogP contribution >= 0.6 is 0 Å². The Balaban J connectivity index is 1.53. The molecule has 1 aliphatic heterocycles. The van der Waals surface area contributed by atoms with Gasteiger partial charge in [-0.15, -0.1) is 0 Å². The number of piperidine rings is 1. The number of hydrogen-bond donors (Lipinski definition) is 2. The van der Waals surface area contributed by atoms with E-state index in [9.17, 15) is 5.11 Å². The third-order valence-corrected chi connectivity index (χ3v) is 5.33. The fraction of sp³-hybridized carbons (Fsp3) is 0.429. The van der Waals surface area contributed by atoms with Crippen molar-refractivity contribution in [3.8, 4) is 0 Å². The van der Waals surface area contributed by atoms with Crippen LogP contribution in [0, 0.1) is 5.92 Å². The fourth-order valence-corrected chi connectivity index (χ4v) is 3.68. The monoisotopic (exact) mass is 324 g/mol. The fourth-order valence-electron chi connectivity index (χ4n) is 3.68. The zero-order valence-corrected chi connectivity index (χ0v) is 14.4. The highest BCUT2D eigenvalue weighted by Crippen LogP contribution is 2.27. The quantitative estimate of drug-likeness (QED) is 0.826. The first-order valence-corrected chi connectivity index (χ1v) is 8.95. The molecule has 1 saturated heterocycles. The number of hydrogen-bond acceptors (Lipinski definition) is 3. The molecule has 2 atom stereocenters. The molecule has 0 spiro atoms. The van der Waals surface area contributed by atoms with Crippen molar-refractivity contribution >= 4 is 5.69 Å². The highest BCUT2D eigenvalue weighted by Gasteiger charge is 2.27. The molecular formula is C21H28N2O. The number of rotatable bonds is 5. The van der Waals surface area contributed by atoms with Crippen LogP contribution in [0.5, 0.6) is 0 Å². The van der Waals surface area contributed by atoms with Gasteiger partial charge in [-0.05, 0) is 68.5 Å². The summed E-state index contributed by atoms with van der Waals surface area (Å²) in [6.07, 6.45) is 3.11. The number of aliphatic hydroxyl groups is 1. The maximum absolute atomic E-state index is 10.7. The Morgan fingerprint density at radius 1 is 1.04 bits per heavy atom. The van der Waals surface area contributed by atoms with E-state index in [1.165, 1.54) is 24.8 Å². The Kier molecular flexibility index (Phi) is 5.54. The molecule has 3 nitrogen and oxygen atoms in total. The number of nitrogens with zero attached hydrogens (tertiary/aromatic N) is 1. The van der Waals surface area contributed by atoms with E-state index in [1.807, 2.05) is 24.3 Å². The molecule has 2 aromatic rings. The van der Waals surface area contributed by atoms with E-state index in [0.717, 1.165) is 30.3 Å². The molecule has 1 fully saturated rings. The average Bonchev–Trinajstić information content (AvgIpc) is 2.63. The predicted molar refractivity (Wildman–Crippen MR) is 99.7 cm³/mol. The van der Waals surface area contributed by atoms with E-state index in [2.05, 4.69) is 42.2 Å². The van der Waals surface area contributed by atoms with Crippen LogP contribution in [-0.2, 0) is 6.42 Å². The Hall–Kier alpha value is -1.84. The van der Waals surface area contributed by atoms with Crippen molar-refractivity contribution in [2.24, 2.45) is 5.92 Å². The van der Waals surface area contributed by atoms with Gasteiger partial charge in [0.15, 0.2) is 0 Å². The summed E-state index contributed by atoms with van der Waals surface area (Å²) < 4.78 is 0. The molecule has 0 radical (unpaired) electrons. The van der Waals surface area contributed by atoms with Crippen molar-refractivity contribution < 1.29 is 5.11 Å². The highest BCUT2D eigenvalue weighted by molar-refractivity contribution is 5.40. The van der Waals surface area contributed by atoms with Gasteiger partial charge in [0.25, 0.3) is 0 Å². The van der Waals surface area contributed by atoms with Gasteiger partial charge in [-0.25, -0.2) is 0 Å². The van der Waals surface area contributed by atoms with Gasteiger partial charge < -0.3 is 10.8 Å². The predicted octanol–water partition coefficient (Wildman–Crippen LogP) is 3.65. The smallest absolute Gasteiger partial charge is 0.0942 e. The molecule has 0 unspecified atom stereocenters. The molecule has 24 heavy (non-hydrogen) atoms. The van der Waals surface area contributed by atoms with Gasteiger partial charge in [0, 0.05) is 11.7 Å². The first-order valence-electron chi connectivity index (χ1n) is 8.95. The van der Waals surface area contributed by atoms with E-state index >= 15 is 0 Å². The molecule has 1 heterocycles. The molecule has 0 aliphatic carbocycles. The van der Waals surface area contributed by atoms with Crippen molar-refractivity contribution in [3.63, 3.8) is 0 Å².